The smallest absolute Gasteiger partial charge is 0.264 e. The Morgan fingerprint density at radius 2 is 1.82 bits per heavy atom. The molecule has 0 bridgehead atoms. The average molecular weight is 599 g/mol. The van der Waals surface area contributed by atoms with E-state index in [1.807, 2.05) is 0 Å². The van der Waals surface area contributed by atoms with Gasteiger partial charge in [0.2, 0.25) is 10.0 Å². The van der Waals surface area contributed by atoms with Crippen molar-refractivity contribution in [2.75, 3.05) is 16.6 Å². The highest BCUT2D eigenvalue weighted by Crippen LogP contribution is 2.42. The zero-order chi connectivity index (χ0) is 28.5. The zero-order valence-corrected chi connectivity index (χ0v) is 23.1. The number of nitrogens with zero attached hydrogens (tertiary/aromatic N) is 1. The van der Waals surface area contributed by atoms with Crippen molar-refractivity contribution in [3.8, 4) is 16.9 Å². The van der Waals surface area contributed by atoms with Gasteiger partial charge < -0.3 is 4.74 Å². The van der Waals surface area contributed by atoms with Crippen LogP contribution in [0.25, 0.3) is 11.1 Å². The Labute approximate surface area is 230 Å². The summed E-state index contributed by atoms with van der Waals surface area (Å²) in [6.07, 6.45) is -0.936. The molecule has 0 aromatic heterocycles. The number of aryl methyl sites for hydroxylation is 1. The van der Waals surface area contributed by atoms with Gasteiger partial charge in [0.1, 0.15) is 29.3 Å². The predicted molar refractivity (Wildman–Crippen MR) is 144 cm³/mol. The van der Waals surface area contributed by atoms with Gasteiger partial charge in [-0.2, -0.15) is 0 Å². The Kier molecular flexibility index (Phi) is 8.31. The van der Waals surface area contributed by atoms with E-state index < -0.39 is 43.5 Å². The number of rotatable bonds is 9. The molecule has 1 aliphatic rings. The van der Waals surface area contributed by atoms with E-state index in [9.17, 15) is 30.4 Å². The molecule has 0 unspecified atom stereocenters. The quantitative estimate of drug-likeness (QED) is 0.360. The van der Waals surface area contributed by atoms with Crippen LogP contribution in [0.1, 0.15) is 24.8 Å². The molecule has 13 heteroatoms. The maximum atomic E-state index is 14.1. The highest BCUT2D eigenvalue weighted by Gasteiger charge is 2.35. The molecule has 3 aromatic rings. The number of primary sulfonamides is 1. The lowest BCUT2D eigenvalue weighted by atomic mass is 10.0. The summed E-state index contributed by atoms with van der Waals surface area (Å²) in [6.45, 7) is 1.58. The van der Waals surface area contributed by atoms with Gasteiger partial charge in [0, 0.05) is 24.5 Å². The summed E-state index contributed by atoms with van der Waals surface area (Å²) in [4.78, 5) is 12.2. The van der Waals surface area contributed by atoms with Crippen molar-refractivity contribution in [3.05, 3.63) is 76.8 Å². The van der Waals surface area contributed by atoms with Gasteiger partial charge in [-0.05, 0) is 54.8 Å². The molecule has 208 valence electrons. The molecule has 2 N–H and O–H groups in total. The van der Waals surface area contributed by atoms with E-state index >= 15 is 0 Å². The third-order valence-electron chi connectivity index (χ3n) is 6.18. The summed E-state index contributed by atoms with van der Waals surface area (Å²) < 4.78 is 85.2. The number of ether oxygens (including phenoxy) is 1. The molecule has 0 saturated heterocycles. The number of carbonyl (C=O) groups is 1. The van der Waals surface area contributed by atoms with E-state index in [1.165, 1.54) is 30.3 Å². The Bertz CT molecular complexity index is 1650. The van der Waals surface area contributed by atoms with E-state index in [2.05, 4.69) is 0 Å². The van der Waals surface area contributed by atoms with Crippen LogP contribution in [0.5, 0.6) is 5.75 Å². The summed E-state index contributed by atoms with van der Waals surface area (Å²) >= 11 is 6.09. The molecule has 0 radical (unpaired) electrons. The molecule has 0 saturated carbocycles. The zero-order valence-electron chi connectivity index (χ0n) is 20.7. The van der Waals surface area contributed by atoms with Gasteiger partial charge in [0.15, 0.2) is 0 Å². The maximum Gasteiger partial charge on any atom is 0.264 e. The van der Waals surface area contributed by atoms with E-state index in [0.717, 1.165) is 15.9 Å². The van der Waals surface area contributed by atoms with E-state index in [4.69, 9.17) is 21.5 Å². The van der Waals surface area contributed by atoms with Crippen LogP contribution in [0, 0.1) is 18.6 Å². The molecule has 4 rings (SSSR count). The first-order chi connectivity index (χ1) is 18.2. The van der Waals surface area contributed by atoms with Crippen molar-refractivity contribution in [3.63, 3.8) is 0 Å². The molecule has 0 fully saturated rings. The number of Topliss-reactive ketones (excluding diaryl/α,β-unsaturated/α-hetero) is 1. The summed E-state index contributed by atoms with van der Waals surface area (Å²) in [5, 5.41) is 4.64. The van der Waals surface area contributed by atoms with Crippen molar-refractivity contribution in [1.29, 1.82) is 0 Å². The first-order valence-corrected chi connectivity index (χ1v) is 15.3. The monoisotopic (exact) mass is 598 g/mol. The van der Waals surface area contributed by atoms with Gasteiger partial charge in [-0.3, -0.25) is 9.10 Å². The van der Waals surface area contributed by atoms with Gasteiger partial charge in [-0.1, -0.05) is 29.8 Å². The number of hydrogen-bond donors (Lipinski definition) is 1. The molecule has 8 nitrogen and oxygen atoms in total. The predicted octanol–water partition coefficient (Wildman–Crippen LogP) is 4.58. The highest BCUT2D eigenvalue weighted by molar-refractivity contribution is 7.92. The average Bonchev–Trinajstić information content (AvgIpc) is 2.87. The van der Waals surface area contributed by atoms with E-state index in [1.54, 1.807) is 19.1 Å². The summed E-state index contributed by atoms with van der Waals surface area (Å²) in [5.41, 5.74) is 1.15. The second-order valence-corrected chi connectivity index (χ2v) is 13.2. The summed E-state index contributed by atoms with van der Waals surface area (Å²) in [5.74, 6) is -2.48. The number of fused-ring (bicyclic) bond motifs is 1. The molecule has 0 aliphatic carbocycles. The molecule has 1 heterocycles. The first-order valence-electron chi connectivity index (χ1n) is 11.8. The third-order valence-corrected chi connectivity index (χ3v) is 9.12. The standard InChI is InChI=1S/C26H25ClF2N2O6S2/c1-16-3-2-4-21(11-16)39(35,36)31-15-20(7-6-19(32)9-10-38(30,33)34)37-25-8-5-17(12-24(25)31)22-13-18(28)14-23(29)26(22)27/h2-5,8,11-14,20H,6-7,9-10,15H2,1H3,(H2,30,33,34)/t20-/m0/s1. The van der Waals surface area contributed by atoms with Crippen LogP contribution in [-0.2, 0) is 24.8 Å². The van der Waals surface area contributed by atoms with Crippen LogP contribution in [0.3, 0.4) is 0 Å². The van der Waals surface area contributed by atoms with Crippen molar-refractivity contribution in [2.24, 2.45) is 5.14 Å². The van der Waals surface area contributed by atoms with Crippen LogP contribution in [0.2, 0.25) is 5.02 Å². The Morgan fingerprint density at radius 3 is 2.51 bits per heavy atom. The minimum Gasteiger partial charge on any atom is -0.486 e. The molecule has 1 aliphatic heterocycles. The second-order valence-electron chi connectivity index (χ2n) is 9.22. The number of halogens is 3. The lowest BCUT2D eigenvalue weighted by molar-refractivity contribution is -0.119. The molecule has 0 amide bonds. The number of nitrogens with two attached hydrogens (primary N) is 1. The number of carbonyl (C=O) groups excluding carboxylic acids is 1. The van der Waals surface area contributed by atoms with Crippen LogP contribution >= 0.6 is 11.6 Å². The van der Waals surface area contributed by atoms with Crippen LogP contribution in [0.4, 0.5) is 14.5 Å². The van der Waals surface area contributed by atoms with Crippen molar-refractivity contribution in [2.45, 2.75) is 37.2 Å². The maximum absolute atomic E-state index is 14.1. The molecule has 1 atom stereocenters. The minimum absolute atomic E-state index is 0.0264. The number of ketones is 1. The fraction of sp³-hybridized carbons (Fsp3) is 0.269. The molecular formula is C26H25ClF2N2O6S2. The van der Waals surface area contributed by atoms with Gasteiger partial charge in [-0.25, -0.2) is 30.8 Å². The second kappa shape index (κ2) is 11.2. The Morgan fingerprint density at radius 1 is 1.08 bits per heavy atom. The molecular weight excluding hydrogens is 574 g/mol. The normalized spacial score (nSPS) is 15.5. The van der Waals surface area contributed by atoms with Gasteiger partial charge >= 0.3 is 0 Å². The van der Waals surface area contributed by atoms with Crippen molar-refractivity contribution >= 4 is 43.1 Å². The summed E-state index contributed by atoms with van der Waals surface area (Å²) in [6, 6.07) is 12.4. The number of benzene rings is 3. The molecule has 39 heavy (non-hydrogen) atoms. The fourth-order valence-corrected chi connectivity index (χ4v) is 6.56. The Hall–Kier alpha value is -3.06. The topological polar surface area (TPSA) is 124 Å². The largest absolute Gasteiger partial charge is 0.486 e. The van der Waals surface area contributed by atoms with E-state index in [-0.39, 0.29) is 64.1 Å². The lowest BCUT2D eigenvalue weighted by Crippen LogP contribution is -2.43. The van der Waals surface area contributed by atoms with Crippen LogP contribution in [-0.4, -0.2) is 41.0 Å². The van der Waals surface area contributed by atoms with E-state index in [0.29, 0.717) is 6.07 Å². The number of sulfonamides is 2. The lowest BCUT2D eigenvalue weighted by Gasteiger charge is -2.36. The van der Waals surface area contributed by atoms with Crippen LogP contribution in [0.15, 0.2) is 59.5 Å². The van der Waals surface area contributed by atoms with Crippen molar-refractivity contribution in [1.82, 2.24) is 0 Å². The minimum atomic E-state index is -4.13. The highest BCUT2D eigenvalue weighted by atomic mass is 35.5. The molecule has 0 spiro atoms. The fourth-order valence-electron chi connectivity index (χ4n) is 4.23. The van der Waals surface area contributed by atoms with Crippen molar-refractivity contribution < 1.29 is 35.1 Å². The number of hydrogen-bond acceptors (Lipinski definition) is 6. The van der Waals surface area contributed by atoms with Crippen LogP contribution < -0.4 is 14.2 Å². The third kappa shape index (κ3) is 6.75. The van der Waals surface area contributed by atoms with Gasteiger partial charge in [0.25, 0.3) is 10.0 Å². The molecule has 3 aromatic carbocycles. The van der Waals surface area contributed by atoms with Gasteiger partial charge in [0.05, 0.1) is 27.9 Å². The first kappa shape index (κ1) is 28.9. The van der Waals surface area contributed by atoms with Gasteiger partial charge in [-0.15, -0.1) is 0 Å². The SMILES string of the molecule is Cc1cccc(S(=O)(=O)N2C[C@H](CCC(=O)CCS(N)(=O)=O)Oc3ccc(-c4cc(F)cc(F)c4Cl)cc32)c1. The Balaban J connectivity index is 1.71. The summed E-state index contributed by atoms with van der Waals surface area (Å²) in [7, 11) is -7.93. The number of anilines is 1.